The number of hydrogen-bond donors (Lipinski definition) is 2. The minimum atomic E-state index is -3.80. The summed E-state index contributed by atoms with van der Waals surface area (Å²) in [5.74, 6) is 1.03. The highest BCUT2D eigenvalue weighted by Crippen LogP contribution is 2.20. The molecule has 0 spiro atoms. The van der Waals surface area contributed by atoms with Crippen molar-refractivity contribution in [2.45, 2.75) is 11.4 Å². The molecule has 1 aliphatic rings. The number of fused-ring (bicyclic) bond motifs is 1. The second-order valence-electron chi connectivity index (χ2n) is 5.38. The van der Waals surface area contributed by atoms with E-state index >= 15 is 0 Å². The fourth-order valence-electron chi connectivity index (χ4n) is 2.44. The summed E-state index contributed by atoms with van der Waals surface area (Å²) in [5.41, 5.74) is 0.909. The average molecular weight is 378 g/mol. The Labute approximate surface area is 147 Å². The SMILES string of the molecule is O=S(=O)(NC1=NCN(Cc2ccco2)CN1)c1cccc2nsnc12. The fourth-order valence-corrected chi connectivity index (χ4v) is 4.21. The van der Waals surface area contributed by atoms with Crippen LogP contribution in [0.2, 0.25) is 0 Å². The minimum absolute atomic E-state index is 0.0845. The molecule has 2 aromatic heterocycles. The number of sulfonamides is 1. The van der Waals surface area contributed by atoms with Crippen molar-refractivity contribution in [2.24, 2.45) is 4.99 Å². The van der Waals surface area contributed by atoms with Gasteiger partial charge >= 0.3 is 0 Å². The number of guanidine groups is 1. The second-order valence-corrected chi connectivity index (χ2v) is 7.56. The third-order valence-corrected chi connectivity index (χ3v) is 5.54. The third kappa shape index (κ3) is 3.34. The van der Waals surface area contributed by atoms with Crippen LogP contribution in [0.1, 0.15) is 5.76 Å². The van der Waals surface area contributed by atoms with Gasteiger partial charge in [-0.3, -0.25) is 4.90 Å². The maximum atomic E-state index is 12.6. The first-order valence-electron chi connectivity index (χ1n) is 7.39. The summed E-state index contributed by atoms with van der Waals surface area (Å²) < 4.78 is 41.1. The Morgan fingerprint density at radius 3 is 2.96 bits per heavy atom. The maximum absolute atomic E-state index is 12.6. The number of rotatable bonds is 4. The Kier molecular flexibility index (Phi) is 4.11. The number of aliphatic imine (C=N–C) groups is 1. The van der Waals surface area contributed by atoms with E-state index in [2.05, 4.69) is 23.8 Å². The van der Waals surface area contributed by atoms with E-state index in [1.165, 1.54) is 6.07 Å². The van der Waals surface area contributed by atoms with Gasteiger partial charge in [-0.05, 0) is 24.3 Å². The van der Waals surface area contributed by atoms with Crippen molar-refractivity contribution in [3.63, 3.8) is 0 Å². The van der Waals surface area contributed by atoms with Crippen molar-refractivity contribution in [3.05, 3.63) is 42.4 Å². The maximum Gasteiger partial charge on any atom is 0.266 e. The lowest BCUT2D eigenvalue weighted by Gasteiger charge is -2.26. The Morgan fingerprint density at radius 2 is 2.20 bits per heavy atom. The lowest BCUT2D eigenvalue weighted by atomic mass is 10.3. The zero-order valence-electron chi connectivity index (χ0n) is 12.9. The smallest absolute Gasteiger partial charge is 0.266 e. The monoisotopic (exact) mass is 378 g/mol. The highest BCUT2D eigenvalue weighted by molar-refractivity contribution is 7.90. The van der Waals surface area contributed by atoms with E-state index in [0.717, 1.165) is 17.5 Å². The Morgan fingerprint density at radius 1 is 1.28 bits per heavy atom. The third-order valence-electron chi connectivity index (χ3n) is 3.63. The number of benzene rings is 1. The van der Waals surface area contributed by atoms with Gasteiger partial charge < -0.3 is 9.73 Å². The highest BCUT2D eigenvalue weighted by Gasteiger charge is 2.23. The predicted molar refractivity (Wildman–Crippen MR) is 92.3 cm³/mol. The molecule has 0 unspecified atom stereocenters. The Hall–Kier alpha value is -2.50. The number of nitrogens with one attached hydrogen (secondary N) is 2. The van der Waals surface area contributed by atoms with Crippen LogP contribution >= 0.6 is 11.7 Å². The van der Waals surface area contributed by atoms with Gasteiger partial charge in [-0.1, -0.05) is 6.07 Å². The van der Waals surface area contributed by atoms with Crippen LogP contribution in [0.5, 0.6) is 0 Å². The zero-order valence-corrected chi connectivity index (χ0v) is 14.5. The molecule has 1 aromatic carbocycles. The van der Waals surface area contributed by atoms with E-state index in [-0.39, 0.29) is 10.9 Å². The van der Waals surface area contributed by atoms with Crippen LogP contribution in [0, 0.1) is 0 Å². The molecule has 0 saturated heterocycles. The molecule has 0 fully saturated rings. The molecule has 25 heavy (non-hydrogen) atoms. The van der Waals surface area contributed by atoms with E-state index in [1.807, 2.05) is 17.0 Å². The molecule has 9 nitrogen and oxygen atoms in total. The van der Waals surface area contributed by atoms with E-state index in [1.54, 1.807) is 18.4 Å². The van der Waals surface area contributed by atoms with Crippen LogP contribution in [0.4, 0.5) is 0 Å². The van der Waals surface area contributed by atoms with Crippen molar-refractivity contribution in [2.75, 3.05) is 13.3 Å². The van der Waals surface area contributed by atoms with Gasteiger partial charge in [0.1, 0.15) is 21.7 Å². The first-order chi connectivity index (χ1) is 12.1. The van der Waals surface area contributed by atoms with Gasteiger partial charge in [0.2, 0.25) is 5.96 Å². The highest BCUT2D eigenvalue weighted by atomic mass is 32.2. The number of furan rings is 1. The molecule has 0 radical (unpaired) electrons. The van der Waals surface area contributed by atoms with Crippen LogP contribution in [-0.4, -0.2) is 41.4 Å². The van der Waals surface area contributed by atoms with Gasteiger partial charge in [0, 0.05) is 0 Å². The lowest BCUT2D eigenvalue weighted by Crippen LogP contribution is -2.49. The van der Waals surface area contributed by atoms with E-state index in [4.69, 9.17) is 4.42 Å². The molecule has 11 heteroatoms. The molecule has 1 aliphatic heterocycles. The van der Waals surface area contributed by atoms with Crippen molar-refractivity contribution >= 4 is 38.7 Å². The Balaban J connectivity index is 1.48. The standard InChI is InChI=1S/C14H14N6O3S2/c21-25(22,12-5-1-4-11-13(12)18-24-17-11)19-14-15-8-20(9-16-14)7-10-3-2-6-23-10/h1-6H,7-9H2,(H2,15,16,19). The summed E-state index contributed by atoms with van der Waals surface area (Å²) in [4.78, 5) is 6.29. The van der Waals surface area contributed by atoms with Crippen molar-refractivity contribution < 1.29 is 12.8 Å². The molecular weight excluding hydrogens is 364 g/mol. The van der Waals surface area contributed by atoms with Crippen molar-refractivity contribution in [1.29, 1.82) is 0 Å². The van der Waals surface area contributed by atoms with E-state index < -0.39 is 10.0 Å². The first-order valence-corrected chi connectivity index (χ1v) is 9.60. The summed E-state index contributed by atoms with van der Waals surface area (Å²) in [6.07, 6.45) is 1.61. The molecule has 0 atom stereocenters. The van der Waals surface area contributed by atoms with Gasteiger partial charge in [0.25, 0.3) is 10.0 Å². The second kappa shape index (κ2) is 6.43. The van der Waals surface area contributed by atoms with Gasteiger partial charge in [-0.25, -0.2) is 18.1 Å². The first kappa shape index (κ1) is 16.0. The summed E-state index contributed by atoms with van der Waals surface area (Å²) in [6, 6.07) is 8.56. The van der Waals surface area contributed by atoms with Crippen LogP contribution < -0.4 is 10.0 Å². The number of nitrogens with zero attached hydrogens (tertiary/aromatic N) is 4. The van der Waals surface area contributed by atoms with Gasteiger partial charge in [0.15, 0.2) is 0 Å². The summed E-state index contributed by atoms with van der Waals surface area (Å²) in [7, 11) is -3.80. The van der Waals surface area contributed by atoms with Gasteiger partial charge in [-0.15, -0.1) is 0 Å². The van der Waals surface area contributed by atoms with E-state index in [0.29, 0.717) is 30.9 Å². The molecule has 3 heterocycles. The molecule has 0 saturated carbocycles. The number of hydrogen-bond acceptors (Lipinski definition) is 9. The van der Waals surface area contributed by atoms with Crippen molar-refractivity contribution in [3.8, 4) is 0 Å². The normalized spacial score (nSPS) is 15.8. The summed E-state index contributed by atoms with van der Waals surface area (Å²) in [6.45, 7) is 1.39. The molecule has 3 aromatic rings. The lowest BCUT2D eigenvalue weighted by molar-refractivity contribution is 0.235. The molecule has 0 bridgehead atoms. The van der Waals surface area contributed by atoms with Crippen LogP contribution in [-0.2, 0) is 16.6 Å². The predicted octanol–water partition coefficient (Wildman–Crippen LogP) is 0.939. The van der Waals surface area contributed by atoms with Gasteiger partial charge in [-0.2, -0.15) is 8.75 Å². The Bertz CT molecular complexity index is 1010. The fraction of sp³-hybridized carbons (Fsp3) is 0.214. The molecule has 2 N–H and O–H groups in total. The molecule has 4 rings (SSSR count). The molecule has 0 amide bonds. The summed E-state index contributed by atoms with van der Waals surface area (Å²) in [5, 5.41) is 2.96. The van der Waals surface area contributed by atoms with Crippen LogP contribution in [0.15, 0.2) is 50.9 Å². The zero-order chi connectivity index (χ0) is 17.3. The summed E-state index contributed by atoms with van der Waals surface area (Å²) >= 11 is 0.977. The van der Waals surface area contributed by atoms with Crippen LogP contribution in [0.25, 0.3) is 11.0 Å². The van der Waals surface area contributed by atoms with Crippen LogP contribution in [0.3, 0.4) is 0 Å². The quantitative estimate of drug-likeness (QED) is 0.695. The van der Waals surface area contributed by atoms with Gasteiger partial charge in [0.05, 0.1) is 37.9 Å². The topological polar surface area (TPSA) is 113 Å². The van der Waals surface area contributed by atoms with E-state index in [9.17, 15) is 8.42 Å². The number of aromatic nitrogens is 2. The largest absolute Gasteiger partial charge is 0.468 e. The molecule has 130 valence electrons. The molecule has 0 aliphatic carbocycles. The molecular formula is C14H14N6O3S2. The minimum Gasteiger partial charge on any atom is -0.468 e. The average Bonchev–Trinajstić information content (AvgIpc) is 3.27. The van der Waals surface area contributed by atoms with Crippen molar-refractivity contribution in [1.82, 2.24) is 23.7 Å².